The van der Waals surface area contributed by atoms with Crippen LogP contribution in [0, 0.1) is 5.92 Å². The molecule has 1 saturated carbocycles. The van der Waals surface area contributed by atoms with Gasteiger partial charge in [-0.3, -0.25) is 0 Å². The summed E-state index contributed by atoms with van der Waals surface area (Å²) in [6.45, 7) is 2.43. The largest absolute Gasteiger partial charge is 0.0620 e. The smallest absolute Gasteiger partial charge is 0.00155 e. The average Bonchev–Trinajstić information content (AvgIpc) is 2.88. The van der Waals surface area contributed by atoms with Crippen molar-refractivity contribution in [1.29, 1.82) is 0 Å². The molecule has 0 N–H and O–H groups in total. The van der Waals surface area contributed by atoms with Crippen molar-refractivity contribution in [3.63, 3.8) is 0 Å². The summed E-state index contributed by atoms with van der Waals surface area (Å²) in [6.07, 6.45) is 8.45. The second kappa shape index (κ2) is 3.37. The molecule has 0 heterocycles. The van der Waals surface area contributed by atoms with Crippen LogP contribution in [0.2, 0.25) is 0 Å². The highest BCUT2D eigenvalue weighted by Gasteiger charge is 2.52. The van der Waals surface area contributed by atoms with E-state index in [1.807, 2.05) is 0 Å². The van der Waals surface area contributed by atoms with Gasteiger partial charge in [-0.15, -0.1) is 0 Å². The minimum atomic E-state index is 0.594. The van der Waals surface area contributed by atoms with Crippen LogP contribution in [0.3, 0.4) is 0 Å². The van der Waals surface area contributed by atoms with E-state index in [1.165, 1.54) is 38.5 Å². The molecule has 0 radical (unpaired) electrons. The second-order valence-corrected chi connectivity index (χ2v) is 5.48. The molecule has 2 aliphatic carbocycles. The first-order chi connectivity index (χ1) is 7.33. The van der Waals surface area contributed by atoms with E-state index in [9.17, 15) is 0 Å². The van der Waals surface area contributed by atoms with Crippen LogP contribution in [0.5, 0.6) is 0 Å². The van der Waals surface area contributed by atoms with Gasteiger partial charge in [-0.2, -0.15) is 0 Å². The summed E-state index contributed by atoms with van der Waals surface area (Å²) in [6, 6.07) is 9.19. The Hall–Kier alpha value is -0.780. The molecule has 1 aromatic carbocycles. The van der Waals surface area contributed by atoms with Gasteiger partial charge in [0.1, 0.15) is 0 Å². The molecule has 2 atom stereocenters. The van der Waals surface area contributed by atoms with Crippen molar-refractivity contribution in [2.45, 2.75) is 50.9 Å². The molecule has 3 rings (SSSR count). The Morgan fingerprint density at radius 2 is 1.93 bits per heavy atom. The van der Waals surface area contributed by atoms with Gasteiger partial charge in [-0.05, 0) is 48.1 Å². The monoisotopic (exact) mass is 200 g/mol. The van der Waals surface area contributed by atoms with Crippen molar-refractivity contribution in [1.82, 2.24) is 0 Å². The van der Waals surface area contributed by atoms with E-state index >= 15 is 0 Å². The van der Waals surface area contributed by atoms with Gasteiger partial charge in [0.15, 0.2) is 0 Å². The third kappa shape index (κ3) is 1.42. The molecule has 0 bridgehead atoms. The minimum Gasteiger partial charge on any atom is -0.0620 e. The Labute approximate surface area is 92.7 Å². The summed E-state index contributed by atoms with van der Waals surface area (Å²) in [5.74, 6) is 0.928. The highest BCUT2D eigenvalue weighted by atomic mass is 14.6. The second-order valence-electron chi connectivity index (χ2n) is 5.48. The summed E-state index contributed by atoms with van der Waals surface area (Å²) in [7, 11) is 0. The zero-order valence-corrected chi connectivity index (χ0v) is 9.63. The molecular weight excluding hydrogens is 180 g/mol. The van der Waals surface area contributed by atoms with E-state index in [0.29, 0.717) is 5.41 Å². The van der Waals surface area contributed by atoms with Crippen molar-refractivity contribution in [2.75, 3.05) is 0 Å². The van der Waals surface area contributed by atoms with Crippen molar-refractivity contribution >= 4 is 0 Å². The summed E-state index contributed by atoms with van der Waals surface area (Å²) in [4.78, 5) is 0. The summed E-state index contributed by atoms with van der Waals surface area (Å²) in [5.41, 5.74) is 3.93. The first-order valence-corrected chi connectivity index (χ1v) is 6.41. The molecule has 2 aliphatic rings. The van der Waals surface area contributed by atoms with Gasteiger partial charge in [-0.1, -0.05) is 44.0 Å². The van der Waals surface area contributed by atoms with Gasteiger partial charge in [0.25, 0.3) is 0 Å². The van der Waals surface area contributed by atoms with Crippen LogP contribution in [0.1, 0.15) is 50.2 Å². The van der Waals surface area contributed by atoms with Crippen LogP contribution < -0.4 is 0 Å². The molecule has 0 heteroatoms. The van der Waals surface area contributed by atoms with Gasteiger partial charge in [0.2, 0.25) is 0 Å². The van der Waals surface area contributed by atoms with Crippen molar-refractivity contribution in [2.24, 2.45) is 5.92 Å². The Balaban J connectivity index is 2.05. The van der Waals surface area contributed by atoms with Crippen molar-refractivity contribution in [3.05, 3.63) is 35.4 Å². The fourth-order valence-electron chi connectivity index (χ4n) is 3.50. The van der Waals surface area contributed by atoms with Crippen LogP contribution in [-0.4, -0.2) is 0 Å². The lowest BCUT2D eigenvalue weighted by molar-refractivity contribution is 0.497. The number of fused-ring (bicyclic) bond motifs is 2. The maximum atomic E-state index is 2.43. The zero-order chi connectivity index (χ0) is 10.3. The molecule has 15 heavy (non-hydrogen) atoms. The first kappa shape index (κ1) is 9.45. The molecule has 0 unspecified atom stereocenters. The minimum absolute atomic E-state index is 0.594. The van der Waals surface area contributed by atoms with Crippen molar-refractivity contribution in [3.8, 4) is 0 Å². The van der Waals surface area contributed by atoms with Gasteiger partial charge >= 0.3 is 0 Å². The SMILES string of the molecule is C[C@H]1C[C@@]12CCCCCc1ccccc12. The predicted molar refractivity (Wildman–Crippen MR) is 64.1 cm³/mol. The Bertz CT molecular complexity index is 366. The molecule has 0 nitrogen and oxygen atoms in total. The van der Waals surface area contributed by atoms with Crippen LogP contribution in [0.15, 0.2) is 24.3 Å². The maximum absolute atomic E-state index is 2.43. The lowest BCUT2D eigenvalue weighted by atomic mass is 9.81. The average molecular weight is 200 g/mol. The highest BCUT2D eigenvalue weighted by Crippen LogP contribution is 2.58. The number of hydrogen-bond donors (Lipinski definition) is 0. The standard InChI is InChI=1S/C15H20/c1-12-11-15(12)10-6-2-3-7-13-8-4-5-9-14(13)15/h4-5,8-9,12H,2-3,6-7,10-11H2,1H3/t12-,15-/m0/s1. The van der Waals surface area contributed by atoms with E-state index in [1.54, 1.807) is 11.1 Å². The molecule has 1 aromatic rings. The van der Waals surface area contributed by atoms with Crippen LogP contribution in [-0.2, 0) is 11.8 Å². The van der Waals surface area contributed by atoms with Gasteiger partial charge in [0, 0.05) is 0 Å². The van der Waals surface area contributed by atoms with E-state index in [-0.39, 0.29) is 0 Å². The Morgan fingerprint density at radius 3 is 2.73 bits per heavy atom. The molecule has 80 valence electrons. The highest BCUT2D eigenvalue weighted by molar-refractivity contribution is 5.40. The summed E-state index contributed by atoms with van der Waals surface area (Å²) < 4.78 is 0. The molecule has 0 saturated heterocycles. The predicted octanol–water partition coefficient (Wildman–Crippen LogP) is 4.08. The number of aryl methyl sites for hydroxylation is 1. The number of benzene rings is 1. The normalized spacial score (nSPS) is 34.3. The molecule has 0 aromatic heterocycles. The Morgan fingerprint density at radius 1 is 1.13 bits per heavy atom. The van der Waals surface area contributed by atoms with Gasteiger partial charge in [0.05, 0.1) is 0 Å². The third-order valence-corrected chi connectivity index (χ3v) is 4.58. The fourth-order valence-corrected chi connectivity index (χ4v) is 3.50. The molecule has 1 spiro atoms. The molecule has 1 fully saturated rings. The van der Waals surface area contributed by atoms with E-state index in [0.717, 1.165) is 5.92 Å². The topological polar surface area (TPSA) is 0 Å². The van der Waals surface area contributed by atoms with Gasteiger partial charge < -0.3 is 0 Å². The Kier molecular flexibility index (Phi) is 2.12. The summed E-state index contributed by atoms with van der Waals surface area (Å²) in [5, 5.41) is 0. The lowest BCUT2D eigenvalue weighted by Crippen LogP contribution is -2.14. The number of hydrogen-bond acceptors (Lipinski definition) is 0. The van der Waals surface area contributed by atoms with Crippen LogP contribution >= 0.6 is 0 Å². The van der Waals surface area contributed by atoms with E-state index < -0.39 is 0 Å². The van der Waals surface area contributed by atoms with E-state index in [2.05, 4.69) is 31.2 Å². The fraction of sp³-hybridized carbons (Fsp3) is 0.600. The molecule has 0 amide bonds. The lowest BCUT2D eigenvalue weighted by Gasteiger charge is -2.23. The first-order valence-electron chi connectivity index (χ1n) is 6.41. The molecular formula is C15H20. The van der Waals surface area contributed by atoms with Crippen molar-refractivity contribution < 1.29 is 0 Å². The van der Waals surface area contributed by atoms with Crippen LogP contribution in [0.25, 0.3) is 0 Å². The maximum Gasteiger partial charge on any atom is -0.00155 e. The van der Waals surface area contributed by atoms with Crippen LogP contribution in [0.4, 0.5) is 0 Å². The number of rotatable bonds is 0. The summed E-state index contributed by atoms with van der Waals surface area (Å²) >= 11 is 0. The van der Waals surface area contributed by atoms with E-state index in [4.69, 9.17) is 0 Å². The van der Waals surface area contributed by atoms with Gasteiger partial charge in [-0.25, -0.2) is 0 Å². The third-order valence-electron chi connectivity index (χ3n) is 4.58. The quantitative estimate of drug-likeness (QED) is 0.592. The molecule has 0 aliphatic heterocycles. The zero-order valence-electron chi connectivity index (χ0n) is 9.63.